The fourth-order valence-electron chi connectivity index (χ4n) is 2.32. The van der Waals surface area contributed by atoms with Crippen LogP contribution >= 0.6 is 0 Å². The van der Waals surface area contributed by atoms with Crippen LogP contribution < -0.4 is 10.2 Å². The molecule has 0 aromatic heterocycles. The van der Waals surface area contributed by atoms with Crippen molar-refractivity contribution in [3.63, 3.8) is 0 Å². The van der Waals surface area contributed by atoms with Gasteiger partial charge in [0.15, 0.2) is 6.10 Å². The first-order valence-corrected chi connectivity index (χ1v) is 7.89. The third kappa shape index (κ3) is 4.35. The van der Waals surface area contributed by atoms with Gasteiger partial charge < -0.3 is 9.84 Å². The van der Waals surface area contributed by atoms with E-state index >= 15 is 0 Å². The summed E-state index contributed by atoms with van der Waals surface area (Å²) in [5.74, 6) is 0.464. The minimum atomic E-state index is -0.682. The Morgan fingerprint density at radius 1 is 1.08 bits per heavy atom. The van der Waals surface area contributed by atoms with E-state index in [1.54, 1.807) is 31.2 Å². The lowest BCUT2D eigenvalue weighted by Gasteiger charge is -2.13. The second-order valence-electron chi connectivity index (χ2n) is 5.59. The molecule has 0 unspecified atom stereocenters. The molecule has 0 aliphatic carbocycles. The van der Waals surface area contributed by atoms with Crippen LogP contribution in [0.2, 0.25) is 0 Å². The van der Waals surface area contributed by atoms with E-state index < -0.39 is 6.10 Å². The highest BCUT2D eigenvalue weighted by Gasteiger charge is 2.14. The van der Waals surface area contributed by atoms with Crippen molar-refractivity contribution in [2.24, 2.45) is 5.10 Å². The Morgan fingerprint density at radius 3 is 2.56 bits per heavy atom. The van der Waals surface area contributed by atoms with Crippen molar-refractivity contribution in [2.45, 2.75) is 13.0 Å². The van der Waals surface area contributed by atoms with Crippen molar-refractivity contribution in [2.75, 3.05) is 0 Å². The van der Waals surface area contributed by atoms with Crippen LogP contribution in [0.3, 0.4) is 0 Å². The molecule has 0 aliphatic rings. The summed E-state index contributed by atoms with van der Waals surface area (Å²) in [5.41, 5.74) is 3.21. The summed E-state index contributed by atoms with van der Waals surface area (Å²) in [6, 6.07) is 20.1. The summed E-state index contributed by atoms with van der Waals surface area (Å²) >= 11 is 0. The van der Waals surface area contributed by atoms with Crippen molar-refractivity contribution < 1.29 is 14.6 Å². The van der Waals surface area contributed by atoms with Gasteiger partial charge in [0.25, 0.3) is 5.91 Å². The Kier molecular flexibility index (Phi) is 4.95. The number of hydrogen-bond acceptors (Lipinski definition) is 4. The number of phenols is 1. The standard InChI is InChI=1S/C20H18N2O3/c1-14(20(24)22-21-13-15-6-9-18(23)10-7-15)25-19-11-8-16-4-2-3-5-17(16)12-19/h2-14,23H,1H3,(H,22,24)/b21-13+/t14-/m1/s1. The van der Waals surface area contributed by atoms with Crippen molar-refractivity contribution in [3.8, 4) is 11.5 Å². The van der Waals surface area contributed by atoms with Gasteiger partial charge in [-0.3, -0.25) is 4.79 Å². The van der Waals surface area contributed by atoms with E-state index in [-0.39, 0.29) is 11.7 Å². The number of rotatable bonds is 5. The highest BCUT2D eigenvalue weighted by Crippen LogP contribution is 2.21. The van der Waals surface area contributed by atoms with E-state index in [0.717, 1.165) is 16.3 Å². The lowest BCUT2D eigenvalue weighted by atomic mass is 10.1. The number of carbonyl (C=O) groups is 1. The number of nitrogens with one attached hydrogen (secondary N) is 1. The van der Waals surface area contributed by atoms with E-state index in [1.165, 1.54) is 6.21 Å². The van der Waals surface area contributed by atoms with Gasteiger partial charge in [0, 0.05) is 0 Å². The molecule has 5 nitrogen and oxygen atoms in total. The van der Waals surface area contributed by atoms with Crippen molar-refractivity contribution in [1.82, 2.24) is 5.43 Å². The summed E-state index contributed by atoms with van der Waals surface area (Å²) in [6.45, 7) is 1.67. The number of hydrogen-bond donors (Lipinski definition) is 2. The molecule has 2 N–H and O–H groups in total. The Labute approximate surface area is 145 Å². The quantitative estimate of drug-likeness (QED) is 0.554. The number of benzene rings is 3. The van der Waals surface area contributed by atoms with E-state index in [4.69, 9.17) is 4.74 Å². The second-order valence-corrected chi connectivity index (χ2v) is 5.59. The Morgan fingerprint density at radius 2 is 1.80 bits per heavy atom. The van der Waals surface area contributed by atoms with E-state index in [1.807, 2.05) is 42.5 Å². The zero-order valence-corrected chi connectivity index (χ0v) is 13.7. The maximum atomic E-state index is 12.1. The van der Waals surface area contributed by atoms with Gasteiger partial charge in [0.1, 0.15) is 11.5 Å². The normalized spacial score (nSPS) is 12.2. The highest BCUT2D eigenvalue weighted by atomic mass is 16.5. The topological polar surface area (TPSA) is 70.9 Å². The van der Waals surface area contributed by atoms with E-state index in [2.05, 4.69) is 10.5 Å². The smallest absolute Gasteiger partial charge is 0.280 e. The Balaban J connectivity index is 1.58. The molecule has 25 heavy (non-hydrogen) atoms. The summed E-state index contributed by atoms with van der Waals surface area (Å²) < 4.78 is 5.68. The molecule has 0 fully saturated rings. The molecule has 1 amide bonds. The van der Waals surface area contributed by atoms with Gasteiger partial charge >= 0.3 is 0 Å². The second kappa shape index (κ2) is 7.49. The molecule has 0 radical (unpaired) electrons. The highest BCUT2D eigenvalue weighted by molar-refractivity contribution is 5.85. The Hall–Kier alpha value is -3.34. The van der Waals surface area contributed by atoms with Crippen LogP contribution in [0, 0.1) is 0 Å². The molecule has 3 aromatic carbocycles. The molecule has 1 atom stereocenters. The molecular formula is C20H18N2O3. The third-order valence-electron chi connectivity index (χ3n) is 3.68. The van der Waals surface area contributed by atoms with Crippen molar-refractivity contribution in [3.05, 3.63) is 72.3 Å². The molecular weight excluding hydrogens is 316 g/mol. The number of phenolic OH excluding ortho intramolecular Hbond substituents is 1. The van der Waals surface area contributed by atoms with Crippen LogP contribution in [0.4, 0.5) is 0 Å². The number of nitrogens with zero attached hydrogens (tertiary/aromatic N) is 1. The fourth-order valence-corrected chi connectivity index (χ4v) is 2.32. The largest absolute Gasteiger partial charge is 0.508 e. The maximum Gasteiger partial charge on any atom is 0.280 e. The van der Waals surface area contributed by atoms with Crippen LogP contribution in [0.15, 0.2) is 71.8 Å². The molecule has 0 bridgehead atoms. The molecule has 0 saturated carbocycles. The van der Waals surface area contributed by atoms with Crippen molar-refractivity contribution >= 4 is 22.9 Å². The average molecular weight is 334 g/mol. The molecule has 3 rings (SSSR count). The summed E-state index contributed by atoms with van der Waals surface area (Å²) in [5, 5.41) is 15.3. The van der Waals surface area contributed by atoms with Gasteiger partial charge in [-0.25, -0.2) is 5.43 Å². The molecule has 0 spiro atoms. The predicted molar refractivity (Wildman–Crippen MR) is 97.9 cm³/mol. The summed E-state index contributed by atoms with van der Waals surface area (Å²) in [6.07, 6.45) is 0.818. The SMILES string of the molecule is C[C@@H](Oc1ccc2ccccc2c1)C(=O)N/N=C/c1ccc(O)cc1. The molecule has 3 aromatic rings. The van der Waals surface area contributed by atoms with Gasteiger partial charge in [0.05, 0.1) is 6.21 Å². The van der Waals surface area contributed by atoms with Crippen LogP contribution in [0.5, 0.6) is 11.5 Å². The fraction of sp³-hybridized carbons (Fsp3) is 0.100. The summed E-state index contributed by atoms with van der Waals surface area (Å²) in [7, 11) is 0. The Bertz CT molecular complexity index is 904. The first-order chi connectivity index (χ1) is 12.1. The van der Waals surface area contributed by atoms with Crippen LogP contribution in [0.25, 0.3) is 10.8 Å². The third-order valence-corrected chi connectivity index (χ3v) is 3.68. The van der Waals surface area contributed by atoms with Crippen molar-refractivity contribution in [1.29, 1.82) is 0 Å². The number of fused-ring (bicyclic) bond motifs is 1. The molecule has 126 valence electrons. The van der Waals surface area contributed by atoms with Crippen LogP contribution in [-0.4, -0.2) is 23.3 Å². The molecule has 0 aliphatic heterocycles. The number of hydrazone groups is 1. The average Bonchev–Trinajstić information content (AvgIpc) is 2.63. The first kappa shape index (κ1) is 16.5. The van der Waals surface area contributed by atoms with E-state index in [0.29, 0.717) is 5.75 Å². The van der Waals surface area contributed by atoms with Gasteiger partial charge in [-0.1, -0.05) is 30.3 Å². The van der Waals surface area contributed by atoms with Gasteiger partial charge in [-0.05, 0) is 59.7 Å². The zero-order chi connectivity index (χ0) is 17.6. The van der Waals surface area contributed by atoms with Crippen LogP contribution in [0.1, 0.15) is 12.5 Å². The molecule has 0 heterocycles. The van der Waals surface area contributed by atoms with Gasteiger partial charge in [0.2, 0.25) is 0 Å². The minimum absolute atomic E-state index is 0.179. The number of carbonyl (C=O) groups excluding carboxylic acids is 1. The molecule has 0 saturated heterocycles. The minimum Gasteiger partial charge on any atom is -0.508 e. The van der Waals surface area contributed by atoms with Gasteiger partial charge in [-0.15, -0.1) is 0 Å². The predicted octanol–water partition coefficient (Wildman–Crippen LogP) is 3.46. The van der Waals surface area contributed by atoms with Crippen LogP contribution in [-0.2, 0) is 4.79 Å². The lowest BCUT2D eigenvalue weighted by Crippen LogP contribution is -2.33. The zero-order valence-electron chi connectivity index (χ0n) is 13.7. The number of amides is 1. The van der Waals surface area contributed by atoms with E-state index in [9.17, 15) is 9.90 Å². The lowest BCUT2D eigenvalue weighted by molar-refractivity contribution is -0.127. The monoisotopic (exact) mass is 334 g/mol. The molecule has 5 heteroatoms. The maximum absolute atomic E-state index is 12.1. The first-order valence-electron chi connectivity index (χ1n) is 7.89. The number of ether oxygens (including phenoxy) is 1. The van der Waals surface area contributed by atoms with Gasteiger partial charge in [-0.2, -0.15) is 5.10 Å². The summed E-state index contributed by atoms with van der Waals surface area (Å²) in [4.78, 5) is 12.1. The number of aromatic hydroxyl groups is 1.